The summed E-state index contributed by atoms with van der Waals surface area (Å²) in [5.41, 5.74) is 0. The van der Waals surface area contributed by atoms with Gasteiger partial charge in [0.2, 0.25) is 0 Å². The molecule has 0 aromatic heterocycles. The molecule has 1 fully saturated rings. The Morgan fingerprint density at radius 3 is 2.55 bits per heavy atom. The van der Waals surface area contributed by atoms with E-state index in [2.05, 4.69) is 5.32 Å². The lowest BCUT2D eigenvalue weighted by molar-refractivity contribution is 0.0518. The summed E-state index contributed by atoms with van der Waals surface area (Å²) < 4.78 is 16.2. The number of hydrogen-bond donors (Lipinski definition) is 1. The topological polar surface area (TPSA) is 60.0 Å². The number of hydrogen-bond acceptors (Lipinski definition) is 4. The highest BCUT2D eigenvalue weighted by atomic mass is 16.5. The Morgan fingerprint density at radius 1 is 1.25 bits per heavy atom. The molecule has 1 aliphatic heterocycles. The van der Waals surface area contributed by atoms with Crippen molar-refractivity contribution < 1.29 is 19.0 Å². The first-order valence-corrected chi connectivity index (χ1v) is 6.76. The molecule has 0 bridgehead atoms. The van der Waals surface area contributed by atoms with Crippen molar-refractivity contribution in [1.29, 1.82) is 0 Å². The average Bonchev–Trinajstić information content (AvgIpc) is 2.50. The molecule has 6 nitrogen and oxygen atoms in total. The Kier molecular flexibility index (Phi) is 5.49. The first-order chi connectivity index (χ1) is 9.81. The van der Waals surface area contributed by atoms with E-state index in [1.165, 1.54) is 0 Å². The van der Waals surface area contributed by atoms with E-state index in [4.69, 9.17) is 14.2 Å². The molecule has 0 spiro atoms. The van der Waals surface area contributed by atoms with Crippen molar-refractivity contribution >= 4 is 6.03 Å². The van der Waals surface area contributed by atoms with Crippen molar-refractivity contribution in [3.63, 3.8) is 0 Å². The van der Waals surface area contributed by atoms with Gasteiger partial charge in [0, 0.05) is 13.1 Å². The van der Waals surface area contributed by atoms with Crippen molar-refractivity contribution in [1.82, 2.24) is 10.2 Å². The summed E-state index contributed by atoms with van der Waals surface area (Å²) in [4.78, 5) is 13.6. The van der Waals surface area contributed by atoms with E-state index < -0.39 is 0 Å². The summed E-state index contributed by atoms with van der Waals surface area (Å²) in [5.74, 6) is 1.30. The Morgan fingerprint density at radius 2 is 1.90 bits per heavy atom. The minimum Gasteiger partial charge on any atom is -0.490 e. The van der Waals surface area contributed by atoms with Crippen LogP contribution in [0, 0.1) is 0 Å². The quantitative estimate of drug-likeness (QED) is 0.830. The zero-order valence-corrected chi connectivity index (χ0v) is 11.6. The maximum Gasteiger partial charge on any atom is 0.320 e. The van der Waals surface area contributed by atoms with Gasteiger partial charge in [0.1, 0.15) is 0 Å². The number of morpholine rings is 1. The number of amides is 2. The van der Waals surface area contributed by atoms with Crippen molar-refractivity contribution in [2.75, 3.05) is 39.6 Å². The van der Waals surface area contributed by atoms with Gasteiger partial charge >= 0.3 is 6.03 Å². The fourth-order valence-electron chi connectivity index (χ4n) is 1.90. The van der Waals surface area contributed by atoms with Crippen LogP contribution in [0.25, 0.3) is 0 Å². The van der Waals surface area contributed by atoms with Crippen LogP contribution in [0.1, 0.15) is 6.92 Å². The number of ether oxygens (including phenoxy) is 3. The minimum atomic E-state index is -0.137. The second kappa shape index (κ2) is 7.59. The van der Waals surface area contributed by atoms with E-state index >= 15 is 0 Å². The van der Waals surface area contributed by atoms with Gasteiger partial charge < -0.3 is 24.4 Å². The summed E-state index contributed by atoms with van der Waals surface area (Å²) in [6, 6.07) is 7.25. The number of benzene rings is 1. The largest absolute Gasteiger partial charge is 0.490 e. The first-order valence-electron chi connectivity index (χ1n) is 6.76. The lowest BCUT2D eigenvalue weighted by atomic mass is 10.3. The number of rotatable bonds is 5. The summed E-state index contributed by atoms with van der Waals surface area (Å²) in [5, 5.41) is 2.72. The maximum atomic E-state index is 11.8. The van der Waals surface area contributed by atoms with E-state index in [1.54, 1.807) is 4.90 Å². The smallest absolute Gasteiger partial charge is 0.320 e. The number of nitrogens with one attached hydrogen (secondary N) is 1. The molecule has 20 heavy (non-hydrogen) atoms. The molecule has 1 aromatic carbocycles. The Balaban J connectivity index is 1.79. The molecule has 0 atom stereocenters. The molecule has 1 N–H and O–H groups in total. The van der Waals surface area contributed by atoms with Crippen LogP contribution in [0.3, 0.4) is 0 Å². The monoisotopic (exact) mass is 280 g/mol. The zero-order chi connectivity index (χ0) is 14.2. The van der Waals surface area contributed by atoms with Crippen LogP contribution in [0.5, 0.6) is 11.5 Å². The summed E-state index contributed by atoms with van der Waals surface area (Å²) in [6.45, 7) is 4.99. The van der Waals surface area contributed by atoms with E-state index in [0.717, 1.165) is 0 Å². The third kappa shape index (κ3) is 4.03. The molecule has 2 amide bonds. The van der Waals surface area contributed by atoms with Crippen LogP contribution in [0.2, 0.25) is 0 Å². The third-order valence-electron chi connectivity index (χ3n) is 2.90. The molecular formula is C14H20N2O4. The molecule has 1 aromatic rings. The second-order valence-corrected chi connectivity index (χ2v) is 4.25. The highest BCUT2D eigenvalue weighted by Crippen LogP contribution is 2.25. The fraction of sp³-hybridized carbons (Fsp3) is 0.500. The number of carbonyl (C=O) groups is 1. The molecule has 0 saturated carbocycles. The lowest BCUT2D eigenvalue weighted by Crippen LogP contribution is -2.47. The normalized spacial score (nSPS) is 14.8. The average molecular weight is 280 g/mol. The predicted octanol–water partition coefficient (Wildman–Crippen LogP) is 1.46. The lowest BCUT2D eigenvalue weighted by Gasteiger charge is -2.26. The molecule has 6 heteroatoms. The number of carbonyl (C=O) groups excluding carboxylic acids is 1. The van der Waals surface area contributed by atoms with Crippen LogP contribution >= 0.6 is 0 Å². The predicted molar refractivity (Wildman–Crippen MR) is 74.0 cm³/mol. The Hall–Kier alpha value is -1.95. The Bertz CT molecular complexity index is 433. The van der Waals surface area contributed by atoms with E-state index in [-0.39, 0.29) is 12.8 Å². The van der Waals surface area contributed by atoms with Crippen LogP contribution in [-0.4, -0.2) is 50.6 Å². The first kappa shape index (κ1) is 14.5. The van der Waals surface area contributed by atoms with Gasteiger partial charge in [-0.15, -0.1) is 0 Å². The van der Waals surface area contributed by atoms with E-state index in [0.29, 0.717) is 44.4 Å². The SMILES string of the molecule is CCOc1ccccc1OCNC(=O)N1CCOCC1. The molecule has 0 unspecified atom stereocenters. The third-order valence-corrected chi connectivity index (χ3v) is 2.90. The van der Waals surface area contributed by atoms with Crippen LogP contribution < -0.4 is 14.8 Å². The standard InChI is InChI=1S/C14H20N2O4/c1-2-19-12-5-3-4-6-13(12)20-11-15-14(17)16-7-9-18-10-8-16/h3-6H,2,7-11H2,1H3,(H,15,17). The van der Waals surface area contributed by atoms with Gasteiger partial charge in [0.25, 0.3) is 0 Å². The van der Waals surface area contributed by atoms with Crippen molar-refractivity contribution in [2.24, 2.45) is 0 Å². The second-order valence-electron chi connectivity index (χ2n) is 4.25. The van der Waals surface area contributed by atoms with Gasteiger partial charge in [0.15, 0.2) is 18.2 Å². The zero-order valence-electron chi connectivity index (χ0n) is 11.6. The van der Waals surface area contributed by atoms with Gasteiger partial charge in [-0.1, -0.05) is 12.1 Å². The van der Waals surface area contributed by atoms with Crippen molar-refractivity contribution in [2.45, 2.75) is 6.92 Å². The molecule has 2 rings (SSSR count). The fourth-order valence-corrected chi connectivity index (χ4v) is 1.90. The molecule has 110 valence electrons. The van der Waals surface area contributed by atoms with Crippen LogP contribution in [-0.2, 0) is 4.74 Å². The number of urea groups is 1. The van der Waals surface area contributed by atoms with Crippen molar-refractivity contribution in [3.05, 3.63) is 24.3 Å². The molecule has 0 aliphatic carbocycles. The summed E-state index contributed by atoms with van der Waals surface area (Å²) in [7, 11) is 0. The summed E-state index contributed by atoms with van der Waals surface area (Å²) >= 11 is 0. The van der Waals surface area contributed by atoms with Gasteiger partial charge in [-0.05, 0) is 19.1 Å². The molecule has 0 radical (unpaired) electrons. The molecule has 1 saturated heterocycles. The van der Waals surface area contributed by atoms with E-state index in [1.807, 2.05) is 31.2 Å². The minimum absolute atomic E-state index is 0.111. The molecule has 1 heterocycles. The van der Waals surface area contributed by atoms with Gasteiger partial charge in [-0.3, -0.25) is 0 Å². The maximum absolute atomic E-state index is 11.8. The van der Waals surface area contributed by atoms with E-state index in [9.17, 15) is 4.79 Å². The van der Waals surface area contributed by atoms with Crippen LogP contribution in [0.4, 0.5) is 4.79 Å². The van der Waals surface area contributed by atoms with Gasteiger partial charge in [-0.25, -0.2) is 4.79 Å². The highest BCUT2D eigenvalue weighted by molar-refractivity contribution is 5.74. The number of para-hydroxylation sites is 2. The molecular weight excluding hydrogens is 260 g/mol. The highest BCUT2D eigenvalue weighted by Gasteiger charge is 2.16. The Labute approximate surface area is 118 Å². The van der Waals surface area contributed by atoms with Crippen LogP contribution in [0.15, 0.2) is 24.3 Å². The summed E-state index contributed by atoms with van der Waals surface area (Å²) in [6.07, 6.45) is 0. The number of nitrogens with zero attached hydrogens (tertiary/aromatic N) is 1. The van der Waals surface area contributed by atoms with Gasteiger partial charge in [0.05, 0.1) is 19.8 Å². The van der Waals surface area contributed by atoms with Crippen molar-refractivity contribution in [3.8, 4) is 11.5 Å². The van der Waals surface area contributed by atoms with Gasteiger partial charge in [-0.2, -0.15) is 0 Å². The molecule has 1 aliphatic rings.